The largest absolute Gasteiger partial charge is 0.346 e. The van der Waals surface area contributed by atoms with Crippen molar-refractivity contribution >= 4 is 17.4 Å². The van der Waals surface area contributed by atoms with Gasteiger partial charge in [-0.2, -0.15) is 9.38 Å². The van der Waals surface area contributed by atoms with E-state index in [-0.39, 0.29) is 6.03 Å². The normalized spacial score (nSPS) is 15.7. The molecule has 1 aliphatic heterocycles. The number of pyridine rings is 1. The first-order chi connectivity index (χ1) is 10.1. The summed E-state index contributed by atoms with van der Waals surface area (Å²) in [6.07, 6.45) is 5.31. The van der Waals surface area contributed by atoms with E-state index in [1.165, 1.54) is 17.5 Å². The van der Waals surface area contributed by atoms with E-state index in [9.17, 15) is 9.18 Å². The first kappa shape index (κ1) is 13.9. The molecule has 7 heteroatoms. The molecule has 0 N–H and O–H groups in total. The Morgan fingerprint density at radius 2 is 2.19 bits per heavy atom. The Morgan fingerprint density at radius 1 is 1.43 bits per heavy atom. The van der Waals surface area contributed by atoms with E-state index in [1.54, 1.807) is 28.7 Å². The highest BCUT2D eigenvalue weighted by Gasteiger charge is 2.17. The van der Waals surface area contributed by atoms with Crippen molar-refractivity contribution in [3.8, 4) is 5.69 Å². The quantitative estimate of drug-likeness (QED) is 0.760. The average molecular weight is 306 g/mol. The monoisotopic (exact) mass is 306 g/mol. The van der Waals surface area contributed by atoms with Crippen LogP contribution in [-0.4, -0.2) is 33.6 Å². The first-order valence-corrected chi connectivity index (χ1v) is 7.65. The van der Waals surface area contributed by atoms with Gasteiger partial charge < -0.3 is 4.90 Å². The molecule has 0 spiro atoms. The highest BCUT2D eigenvalue weighted by atomic mass is 32.1. The molecule has 3 rings (SSSR count). The zero-order chi connectivity index (χ0) is 14.8. The topological polar surface area (TPSA) is 50.5 Å². The van der Waals surface area contributed by atoms with Crippen LogP contribution in [0, 0.1) is 12.9 Å². The number of urea groups is 1. The molecule has 2 amide bonds. The highest BCUT2D eigenvalue weighted by Crippen LogP contribution is 2.11. The van der Waals surface area contributed by atoms with Crippen molar-refractivity contribution in [3.63, 3.8) is 0 Å². The van der Waals surface area contributed by atoms with E-state index in [4.69, 9.17) is 0 Å². The van der Waals surface area contributed by atoms with E-state index >= 15 is 0 Å². The zero-order valence-corrected chi connectivity index (χ0v) is 12.4. The second kappa shape index (κ2) is 5.77. The fourth-order valence-electron chi connectivity index (χ4n) is 2.29. The molecule has 0 bridgehead atoms. The summed E-state index contributed by atoms with van der Waals surface area (Å²) in [4.78, 5) is 22.3. The van der Waals surface area contributed by atoms with Gasteiger partial charge in [0.2, 0.25) is 5.95 Å². The van der Waals surface area contributed by atoms with Crippen LogP contribution in [0.15, 0.2) is 28.8 Å². The third-order valence-corrected chi connectivity index (χ3v) is 4.19. The van der Waals surface area contributed by atoms with Gasteiger partial charge >= 0.3 is 6.03 Å². The number of aromatic nitrogens is 2. The molecular formula is C14H15FN4OS. The summed E-state index contributed by atoms with van der Waals surface area (Å²) in [5.41, 5.74) is 1.16. The van der Waals surface area contributed by atoms with Crippen molar-refractivity contribution in [2.75, 3.05) is 13.1 Å². The van der Waals surface area contributed by atoms with Crippen LogP contribution in [0.3, 0.4) is 0 Å². The van der Waals surface area contributed by atoms with Crippen molar-refractivity contribution in [2.24, 2.45) is 4.99 Å². The molecule has 21 heavy (non-hydrogen) atoms. The number of halogens is 1. The van der Waals surface area contributed by atoms with Crippen molar-refractivity contribution in [1.82, 2.24) is 14.5 Å². The van der Waals surface area contributed by atoms with Crippen LogP contribution in [0.5, 0.6) is 0 Å². The summed E-state index contributed by atoms with van der Waals surface area (Å²) in [5.74, 6) is -0.485. The molecule has 0 saturated carbocycles. The molecule has 0 unspecified atom stereocenters. The molecule has 1 saturated heterocycles. The number of aryl methyl sites for hydroxylation is 1. The fraction of sp³-hybridized carbons (Fsp3) is 0.357. The summed E-state index contributed by atoms with van der Waals surface area (Å²) >= 11 is 1.37. The Labute approximate surface area is 125 Å². The minimum atomic E-state index is -0.485. The van der Waals surface area contributed by atoms with E-state index in [2.05, 4.69) is 9.98 Å². The van der Waals surface area contributed by atoms with Gasteiger partial charge in [0.1, 0.15) is 0 Å². The summed E-state index contributed by atoms with van der Waals surface area (Å²) in [7, 11) is 0. The number of likely N-dealkylation sites (tertiary alicyclic amines) is 1. The van der Waals surface area contributed by atoms with Gasteiger partial charge in [-0.05, 0) is 25.8 Å². The maximum absolute atomic E-state index is 13.3. The predicted octanol–water partition coefficient (Wildman–Crippen LogP) is 2.50. The third-order valence-electron chi connectivity index (χ3n) is 3.44. The molecule has 2 aromatic heterocycles. The third kappa shape index (κ3) is 2.87. The van der Waals surface area contributed by atoms with Crippen molar-refractivity contribution in [1.29, 1.82) is 0 Å². The Morgan fingerprint density at radius 3 is 2.90 bits per heavy atom. The maximum Gasteiger partial charge on any atom is 0.346 e. The summed E-state index contributed by atoms with van der Waals surface area (Å²) in [6, 6.07) is 1.48. The zero-order valence-electron chi connectivity index (χ0n) is 11.6. The second-order valence-corrected chi connectivity index (χ2v) is 5.82. The van der Waals surface area contributed by atoms with Crippen LogP contribution in [0.4, 0.5) is 9.18 Å². The number of carbonyl (C=O) groups is 1. The molecule has 0 aromatic carbocycles. The molecule has 0 aliphatic carbocycles. The molecule has 1 aliphatic rings. The average Bonchev–Trinajstić information content (AvgIpc) is 3.13. The van der Waals surface area contributed by atoms with Gasteiger partial charge in [0.15, 0.2) is 4.80 Å². The van der Waals surface area contributed by atoms with E-state index in [0.29, 0.717) is 16.1 Å². The van der Waals surface area contributed by atoms with Gasteiger partial charge in [0, 0.05) is 30.2 Å². The lowest BCUT2D eigenvalue weighted by molar-refractivity contribution is 0.218. The lowest BCUT2D eigenvalue weighted by Crippen LogP contribution is -2.27. The van der Waals surface area contributed by atoms with Crippen LogP contribution >= 0.6 is 11.3 Å². The smallest absolute Gasteiger partial charge is 0.323 e. The van der Waals surface area contributed by atoms with Gasteiger partial charge in [-0.3, -0.25) is 4.57 Å². The molecule has 1 fully saturated rings. The number of carbonyl (C=O) groups excluding carboxylic acids is 1. The number of thiazole rings is 1. The Hall–Kier alpha value is -2.02. The van der Waals surface area contributed by atoms with Crippen molar-refractivity contribution in [3.05, 3.63) is 40.2 Å². The van der Waals surface area contributed by atoms with Crippen LogP contribution in [0.2, 0.25) is 0 Å². The number of rotatable bonds is 1. The molecule has 3 heterocycles. The molecule has 0 radical (unpaired) electrons. The van der Waals surface area contributed by atoms with Crippen molar-refractivity contribution in [2.45, 2.75) is 19.8 Å². The standard InChI is InChI=1S/C14H15FN4OS/c1-10-8-11(9-16-12(10)15)19-6-7-21-14(19)17-13(20)18-4-2-3-5-18/h6-9H,2-5H2,1H3. The molecular weight excluding hydrogens is 291 g/mol. The van der Waals surface area contributed by atoms with Crippen LogP contribution < -0.4 is 4.80 Å². The number of hydrogen-bond donors (Lipinski definition) is 0. The summed E-state index contributed by atoms with van der Waals surface area (Å²) < 4.78 is 15.0. The maximum atomic E-state index is 13.3. The Balaban J connectivity index is 1.96. The minimum Gasteiger partial charge on any atom is -0.323 e. The number of nitrogens with zero attached hydrogens (tertiary/aromatic N) is 4. The van der Waals surface area contributed by atoms with Crippen molar-refractivity contribution < 1.29 is 9.18 Å². The first-order valence-electron chi connectivity index (χ1n) is 6.77. The lowest BCUT2D eigenvalue weighted by atomic mass is 10.3. The minimum absolute atomic E-state index is 0.213. The number of hydrogen-bond acceptors (Lipinski definition) is 3. The van der Waals surface area contributed by atoms with Gasteiger partial charge in [-0.15, -0.1) is 11.3 Å². The van der Waals surface area contributed by atoms with Gasteiger partial charge in [-0.25, -0.2) is 9.78 Å². The summed E-state index contributed by atoms with van der Waals surface area (Å²) in [6.45, 7) is 3.20. The van der Waals surface area contributed by atoms with Crippen LogP contribution in [0.25, 0.3) is 5.69 Å². The Bertz CT molecular complexity index is 731. The van der Waals surface area contributed by atoms with Crippen LogP contribution in [-0.2, 0) is 0 Å². The van der Waals surface area contributed by atoms with Gasteiger partial charge in [0.05, 0.1) is 11.9 Å². The lowest BCUT2D eigenvalue weighted by Gasteiger charge is -2.10. The number of amides is 2. The van der Waals surface area contributed by atoms with E-state index in [0.717, 1.165) is 25.9 Å². The summed E-state index contributed by atoms with van der Waals surface area (Å²) in [5, 5.41) is 1.84. The molecule has 2 aromatic rings. The van der Waals surface area contributed by atoms with E-state index in [1.807, 2.05) is 5.38 Å². The Kier molecular flexibility index (Phi) is 3.83. The molecule has 110 valence electrons. The van der Waals surface area contributed by atoms with E-state index < -0.39 is 5.95 Å². The SMILES string of the molecule is Cc1cc(-n2ccsc2=NC(=O)N2CCCC2)cnc1F. The predicted molar refractivity (Wildman–Crippen MR) is 77.9 cm³/mol. The van der Waals surface area contributed by atoms with Gasteiger partial charge in [0.25, 0.3) is 0 Å². The molecule has 5 nitrogen and oxygen atoms in total. The second-order valence-electron chi connectivity index (χ2n) is 4.95. The molecule has 0 atom stereocenters. The van der Waals surface area contributed by atoms with Gasteiger partial charge in [-0.1, -0.05) is 0 Å². The highest BCUT2D eigenvalue weighted by molar-refractivity contribution is 7.07. The fourth-order valence-corrected chi connectivity index (χ4v) is 3.00. The van der Waals surface area contributed by atoms with Crippen LogP contribution in [0.1, 0.15) is 18.4 Å².